The van der Waals surface area contributed by atoms with Gasteiger partial charge < -0.3 is 20.1 Å². The summed E-state index contributed by atoms with van der Waals surface area (Å²) < 4.78 is 5.02. The molecule has 120 valence electrons. The molecule has 0 saturated carbocycles. The number of nitrogens with one attached hydrogen (secondary N) is 1. The number of hydrogen-bond donors (Lipinski definition) is 2. The van der Waals surface area contributed by atoms with Crippen molar-refractivity contribution in [1.29, 1.82) is 0 Å². The smallest absolute Gasteiger partial charge is 0.317 e. The number of esters is 1. The van der Waals surface area contributed by atoms with Gasteiger partial charge in [-0.3, -0.25) is 9.59 Å². The molecule has 2 unspecified atom stereocenters. The third-order valence-corrected chi connectivity index (χ3v) is 3.34. The van der Waals surface area contributed by atoms with Gasteiger partial charge in [0.25, 0.3) is 0 Å². The van der Waals surface area contributed by atoms with Crippen LogP contribution in [0, 0.1) is 5.92 Å². The fraction of sp³-hybridized carbons (Fsp3) is 0.786. The SMILES string of the molecule is CC(CCC(=O)OC(C)C)NC(=O)N1CCC(C(=O)O)C1. The molecule has 1 saturated heterocycles. The molecule has 7 nitrogen and oxygen atoms in total. The summed E-state index contributed by atoms with van der Waals surface area (Å²) >= 11 is 0. The van der Waals surface area contributed by atoms with E-state index in [0.29, 0.717) is 19.4 Å². The Morgan fingerprint density at radius 3 is 2.52 bits per heavy atom. The monoisotopic (exact) mass is 300 g/mol. The topological polar surface area (TPSA) is 95.9 Å². The molecule has 0 aromatic rings. The lowest BCUT2D eigenvalue weighted by Crippen LogP contribution is -2.43. The van der Waals surface area contributed by atoms with E-state index in [1.165, 1.54) is 4.90 Å². The Morgan fingerprint density at radius 1 is 1.33 bits per heavy atom. The van der Waals surface area contributed by atoms with Crippen LogP contribution in [0.2, 0.25) is 0 Å². The van der Waals surface area contributed by atoms with Crippen LogP contribution in [0.15, 0.2) is 0 Å². The number of amides is 2. The number of carboxylic acid groups (broad SMARTS) is 1. The number of nitrogens with zero attached hydrogens (tertiary/aromatic N) is 1. The summed E-state index contributed by atoms with van der Waals surface area (Å²) in [6.07, 6.45) is 1.09. The summed E-state index contributed by atoms with van der Waals surface area (Å²) in [7, 11) is 0. The third-order valence-electron chi connectivity index (χ3n) is 3.34. The molecule has 0 aromatic heterocycles. The summed E-state index contributed by atoms with van der Waals surface area (Å²) in [6.45, 7) is 6.07. The first-order valence-electron chi connectivity index (χ1n) is 7.27. The number of hydrogen-bond acceptors (Lipinski definition) is 4. The molecule has 1 fully saturated rings. The number of carboxylic acids is 1. The van der Waals surface area contributed by atoms with Crippen LogP contribution in [0.1, 0.15) is 40.0 Å². The van der Waals surface area contributed by atoms with Crippen molar-refractivity contribution in [2.75, 3.05) is 13.1 Å². The molecule has 0 aromatic carbocycles. The van der Waals surface area contributed by atoms with E-state index < -0.39 is 11.9 Å². The number of ether oxygens (including phenoxy) is 1. The zero-order valence-corrected chi connectivity index (χ0v) is 12.8. The lowest BCUT2D eigenvalue weighted by molar-refractivity contribution is -0.147. The van der Waals surface area contributed by atoms with E-state index in [1.807, 2.05) is 6.92 Å². The van der Waals surface area contributed by atoms with Crippen LogP contribution in [0.25, 0.3) is 0 Å². The van der Waals surface area contributed by atoms with Gasteiger partial charge in [-0.15, -0.1) is 0 Å². The van der Waals surface area contributed by atoms with Crippen LogP contribution < -0.4 is 5.32 Å². The number of carbonyl (C=O) groups excluding carboxylic acids is 2. The van der Waals surface area contributed by atoms with E-state index in [2.05, 4.69) is 5.32 Å². The first kappa shape index (κ1) is 17.3. The predicted molar refractivity (Wildman–Crippen MR) is 75.8 cm³/mol. The fourth-order valence-electron chi connectivity index (χ4n) is 2.18. The van der Waals surface area contributed by atoms with Crippen LogP contribution >= 0.6 is 0 Å². The van der Waals surface area contributed by atoms with Gasteiger partial charge in [0.15, 0.2) is 0 Å². The predicted octanol–water partition coefficient (Wildman–Crippen LogP) is 1.22. The highest BCUT2D eigenvalue weighted by atomic mass is 16.5. The third kappa shape index (κ3) is 6.01. The molecule has 1 aliphatic rings. The van der Waals surface area contributed by atoms with Crippen molar-refractivity contribution in [3.05, 3.63) is 0 Å². The van der Waals surface area contributed by atoms with Crippen molar-refractivity contribution in [2.45, 2.75) is 52.2 Å². The highest BCUT2D eigenvalue weighted by Crippen LogP contribution is 2.16. The van der Waals surface area contributed by atoms with Gasteiger partial charge in [-0.2, -0.15) is 0 Å². The molecule has 0 bridgehead atoms. The molecule has 0 spiro atoms. The maximum absolute atomic E-state index is 12.0. The Balaban J connectivity index is 2.28. The molecule has 1 aliphatic heterocycles. The highest BCUT2D eigenvalue weighted by Gasteiger charge is 2.31. The molecular weight excluding hydrogens is 276 g/mol. The first-order chi connectivity index (χ1) is 9.79. The van der Waals surface area contributed by atoms with Gasteiger partial charge in [0.05, 0.1) is 12.0 Å². The molecule has 1 rings (SSSR count). The summed E-state index contributed by atoms with van der Waals surface area (Å²) in [6, 6.07) is -0.440. The molecule has 21 heavy (non-hydrogen) atoms. The van der Waals surface area contributed by atoms with Gasteiger partial charge in [0.1, 0.15) is 0 Å². The lowest BCUT2D eigenvalue weighted by atomic mass is 10.1. The molecular formula is C14H24N2O5. The number of urea groups is 1. The van der Waals surface area contributed by atoms with E-state index in [4.69, 9.17) is 9.84 Å². The Labute approximate surface area is 124 Å². The second-order valence-corrected chi connectivity index (χ2v) is 5.70. The molecule has 1 heterocycles. The molecule has 2 atom stereocenters. The van der Waals surface area contributed by atoms with E-state index in [0.717, 1.165) is 0 Å². The van der Waals surface area contributed by atoms with Gasteiger partial charge in [0, 0.05) is 25.6 Å². The molecule has 0 radical (unpaired) electrons. The zero-order chi connectivity index (χ0) is 16.0. The largest absolute Gasteiger partial charge is 0.481 e. The van der Waals surface area contributed by atoms with Gasteiger partial charge in [-0.05, 0) is 33.6 Å². The summed E-state index contributed by atoms with van der Waals surface area (Å²) in [5.74, 6) is -1.62. The normalized spacial score (nSPS) is 19.4. The summed E-state index contributed by atoms with van der Waals surface area (Å²) in [5.41, 5.74) is 0. The second kappa shape index (κ2) is 7.85. The Morgan fingerprint density at radius 2 is 2.00 bits per heavy atom. The van der Waals surface area contributed by atoms with Crippen molar-refractivity contribution >= 4 is 18.0 Å². The molecule has 2 N–H and O–H groups in total. The minimum Gasteiger partial charge on any atom is -0.481 e. The van der Waals surface area contributed by atoms with E-state index in [9.17, 15) is 14.4 Å². The fourth-order valence-corrected chi connectivity index (χ4v) is 2.18. The van der Waals surface area contributed by atoms with Crippen LogP contribution in [0.4, 0.5) is 4.79 Å². The van der Waals surface area contributed by atoms with Crippen molar-refractivity contribution in [3.8, 4) is 0 Å². The van der Waals surface area contributed by atoms with Crippen LogP contribution in [0.5, 0.6) is 0 Å². The summed E-state index contributed by atoms with van der Waals surface area (Å²) in [5, 5.41) is 11.7. The number of carbonyl (C=O) groups is 3. The lowest BCUT2D eigenvalue weighted by Gasteiger charge is -2.20. The van der Waals surface area contributed by atoms with E-state index in [1.54, 1.807) is 13.8 Å². The standard InChI is InChI=1S/C14H24N2O5/c1-9(2)21-12(17)5-4-10(3)15-14(20)16-7-6-11(8-16)13(18)19/h9-11H,4-8H2,1-3H3,(H,15,20)(H,18,19). The van der Waals surface area contributed by atoms with Gasteiger partial charge >= 0.3 is 18.0 Å². The first-order valence-corrected chi connectivity index (χ1v) is 7.27. The molecule has 0 aliphatic carbocycles. The maximum atomic E-state index is 12.0. The van der Waals surface area contributed by atoms with Gasteiger partial charge in [-0.25, -0.2) is 4.79 Å². The van der Waals surface area contributed by atoms with Crippen molar-refractivity contribution in [2.24, 2.45) is 5.92 Å². The van der Waals surface area contributed by atoms with Crippen molar-refractivity contribution < 1.29 is 24.2 Å². The Bertz CT molecular complexity index is 397. The Kier molecular flexibility index (Phi) is 6.45. The van der Waals surface area contributed by atoms with Crippen molar-refractivity contribution in [1.82, 2.24) is 10.2 Å². The van der Waals surface area contributed by atoms with Crippen LogP contribution in [0.3, 0.4) is 0 Å². The van der Waals surface area contributed by atoms with Crippen LogP contribution in [-0.2, 0) is 14.3 Å². The molecule has 2 amide bonds. The maximum Gasteiger partial charge on any atom is 0.317 e. The van der Waals surface area contributed by atoms with E-state index >= 15 is 0 Å². The second-order valence-electron chi connectivity index (χ2n) is 5.70. The van der Waals surface area contributed by atoms with Crippen LogP contribution in [-0.4, -0.2) is 53.2 Å². The Hall–Kier alpha value is -1.79. The van der Waals surface area contributed by atoms with Gasteiger partial charge in [0.2, 0.25) is 0 Å². The summed E-state index contributed by atoms with van der Waals surface area (Å²) in [4.78, 5) is 35.7. The quantitative estimate of drug-likeness (QED) is 0.719. The zero-order valence-electron chi connectivity index (χ0n) is 12.8. The highest BCUT2D eigenvalue weighted by molar-refractivity contribution is 5.77. The van der Waals surface area contributed by atoms with Crippen molar-refractivity contribution in [3.63, 3.8) is 0 Å². The van der Waals surface area contributed by atoms with E-state index in [-0.39, 0.29) is 37.1 Å². The average molecular weight is 300 g/mol. The molecule has 7 heteroatoms. The number of aliphatic carboxylic acids is 1. The van der Waals surface area contributed by atoms with Gasteiger partial charge in [-0.1, -0.05) is 0 Å². The number of rotatable bonds is 6. The number of likely N-dealkylation sites (tertiary alicyclic amines) is 1. The minimum atomic E-state index is -0.866. The minimum absolute atomic E-state index is 0.139. The average Bonchev–Trinajstić information content (AvgIpc) is 2.85.